The van der Waals surface area contributed by atoms with Crippen LogP contribution in [0.1, 0.15) is 17.2 Å². The lowest BCUT2D eigenvalue weighted by Crippen LogP contribution is -2.14. The van der Waals surface area contributed by atoms with Gasteiger partial charge in [0.05, 0.1) is 11.0 Å². The van der Waals surface area contributed by atoms with Crippen molar-refractivity contribution in [2.45, 2.75) is 12.5 Å². The lowest BCUT2D eigenvalue weighted by Gasteiger charge is -2.14. The van der Waals surface area contributed by atoms with E-state index in [-0.39, 0.29) is 6.04 Å². The molecule has 0 bridgehead atoms. The number of aromatic nitrogens is 2. The molecular formula is C16H14IN3. The van der Waals surface area contributed by atoms with E-state index in [1.54, 1.807) is 12.4 Å². The van der Waals surface area contributed by atoms with Crippen LogP contribution in [0.2, 0.25) is 0 Å². The molecule has 0 fully saturated rings. The zero-order valence-corrected chi connectivity index (χ0v) is 13.0. The van der Waals surface area contributed by atoms with Gasteiger partial charge in [-0.25, -0.2) is 0 Å². The van der Waals surface area contributed by atoms with Crippen molar-refractivity contribution >= 4 is 33.6 Å². The highest BCUT2D eigenvalue weighted by Gasteiger charge is 2.11. The fraction of sp³-hybridized carbons (Fsp3) is 0.125. The van der Waals surface area contributed by atoms with Gasteiger partial charge in [-0.1, -0.05) is 24.3 Å². The number of hydrogen-bond acceptors (Lipinski definition) is 3. The van der Waals surface area contributed by atoms with E-state index in [0.717, 1.165) is 23.0 Å². The number of nitrogens with two attached hydrogens (primary N) is 1. The van der Waals surface area contributed by atoms with Gasteiger partial charge in [-0.3, -0.25) is 9.97 Å². The zero-order valence-electron chi connectivity index (χ0n) is 10.8. The molecule has 0 saturated carbocycles. The van der Waals surface area contributed by atoms with Crippen LogP contribution in [-0.2, 0) is 6.42 Å². The summed E-state index contributed by atoms with van der Waals surface area (Å²) < 4.78 is 1.23. The topological polar surface area (TPSA) is 51.8 Å². The van der Waals surface area contributed by atoms with E-state index in [1.165, 1.54) is 9.13 Å². The van der Waals surface area contributed by atoms with Gasteiger partial charge in [0.1, 0.15) is 0 Å². The Labute approximate surface area is 131 Å². The third kappa shape index (κ3) is 2.81. The molecule has 0 amide bonds. The van der Waals surface area contributed by atoms with E-state index in [0.29, 0.717) is 0 Å². The first-order valence-electron chi connectivity index (χ1n) is 6.44. The van der Waals surface area contributed by atoms with Gasteiger partial charge in [-0.05, 0) is 58.3 Å². The predicted octanol–water partition coefficient (Wildman–Crippen LogP) is 3.48. The Balaban J connectivity index is 1.92. The van der Waals surface area contributed by atoms with Crippen LogP contribution >= 0.6 is 22.6 Å². The number of benzene rings is 2. The number of rotatable bonds is 3. The Morgan fingerprint density at radius 2 is 1.75 bits per heavy atom. The molecule has 3 rings (SSSR count). The molecule has 2 N–H and O–H groups in total. The molecular weight excluding hydrogens is 361 g/mol. The molecule has 1 heterocycles. The van der Waals surface area contributed by atoms with Gasteiger partial charge in [0, 0.05) is 22.0 Å². The van der Waals surface area contributed by atoms with Gasteiger partial charge < -0.3 is 5.73 Å². The van der Waals surface area contributed by atoms with E-state index in [4.69, 9.17) is 5.73 Å². The van der Waals surface area contributed by atoms with Crippen LogP contribution in [0.25, 0.3) is 11.0 Å². The summed E-state index contributed by atoms with van der Waals surface area (Å²) in [4.78, 5) is 8.74. The Hall–Kier alpha value is -1.53. The Bertz CT molecular complexity index is 720. The van der Waals surface area contributed by atoms with Crippen molar-refractivity contribution in [3.8, 4) is 0 Å². The molecule has 4 heteroatoms. The van der Waals surface area contributed by atoms with Crippen LogP contribution in [0.3, 0.4) is 0 Å². The lowest BCUT2D eigenvalue weighted by atomic mass is 9.98. The molecule has 100 valence electrons. The second kappa shape index (κ2) is 5.85. The van der Waals surface area contributed by atoms with Crippen molar-refractivity contribution in [1.29, 1.82) is 0 Å². The Kier molecular flexibility index (Phi) is 3.93. The number of hydrogen-bond donors (Lipinski definition) is 1. The van der Waals surface area contributed by atoms with E-state index in [2.05, 4.69) is 56.8 Å². The van der Waals surface area contributed by atoms with Crippen molar-refractivity contribution in [2.24, 2.45) is 5.73 Å². The van der Waals surface area contributed by atoms with Gasteiger partial charge in [-0.15, -0.1) is 0 Å². The van der Waals surface area contributed by atoms with Gasteiger partial charge in [-0.2, -0.15) is 0 Å². The van der Waals surface area contributed by atoms with E-state index in [1.807, 2.05) is 18.2 Å². The van der Waals surface area contributed by atoms with Crippen LogP contribution in [0.15, 0.2) is 54.9 Å². The fourth-order valence-electron chi connectivity index (χ4n) is 2.30. The van der Waals surface area contributed by atoms with Gasteiger partial charge in [0.15, 0.2) is 0 Å². The molecule has 0 saturated heterocycles. The Morgan fingerprint density at radius 3 is 2.55 bits per heavy atom. The van der Waals surface area contributed by atoms with Crippen LogP contribution < -0.4 is 5.73 Å². The van der Waals surface area contributed by atoms with Crippen molar-refractivity contribution in [3.63, 3.8) is 0 Å². The summed E-state index contributed by atoms with van der Waals surface area (Å²) in [7, 11) is 0. The fourth-order valence-corrected chi connectivity index (χ4v) is 2.66. The average Bonchev–Trinajstić information content (AvgIpc) is 2.49. The summed E-state index contributed by atoms with van der Waals surface area (Å²) in [6.45, 7) is 0. The summed E-state index contributed by atoms with van der Waals surface area (Å²) in [6.07, 6.45) is 4.22. The largest absolute Gasteiger partial charge is 0.324 e. The summed E-state index contributed by atoms with van der Waals surface area (Å²) in [5.41, 5.74) is 10.4. The number of para-hydroxylation sites is 1. The molecule has 3 nitrogen and oxygen atoms in total. The summed E-state index contributed by atoms with van der Waals surface area (Å²) in [5.74, 6) is 0. The highest BCUT2D eigenvalue weighted by Crippen LogP contribution is 2.22. The summed E-state index contributed by atoms with van der Waals surface area (Å²) in [5, 5.41) is 0. The van der Waals surface area contributed by atoms with Gasteiger partial charge >= 0.3 is 0 Å². The van der Waals surface area contributed by atoms with Gasteiger partial charge in [0.25, 0.3) is 0 Å². The molecule has 0 spiro atoms. The second-order valence-corrected chi connectivity index (χ2v) is 5.95. The highest BCUT2D eigenvalue weighted by atomic mass is 127. The monoisotopic (exact) mass is 375 g/mol. The predicted molar refractivity (Wildman–Crippen MR) is 89.3 cm³/mol. The van der Waals surface area contributed by atoms with Crippen molar-refractivity contribution in [2.75, 3.05) is 0 Å². The van der Waals surface area contributed by atoms with Crippen LogP contribution in [0.4, 0.5) is 0 Å². The molecule has 1 atom stereocenters. The maximum Gasteiger partial charge on any atom is 0.0934 e. The molecule has 20 heavy (non-hydrogen) atoms. The van der Waals surface area contributed by atoms with Crippen LogP contribution in [0, 0.1) is 3.57 Å². The normalized spacial score (nSPS) is 12.5. The highest BCUT2D eigenvalue weighted by molar-refractivity contribution is 14.1. The molecule has 0 aliphatic heterocycles. The molecule has 0 radical (unpaired) electrons. The molecule has 0 aliphatic rings. The third-order valence-corrected chi connectivity index (χ3v) is 4.02. The first-order valence-corrected chi connectivity index (χ1v) is 7.51. The minimum absolute atomic E-state index is 0.0736. The summed E-state index contributed by atoms with van der Waals surface area (Å²) in [6, 6.07) is 14.4. The number of nitrogens with zero attached hydrogens (tertiary/aromatic N) is 2. The quantitative estimate of drug-likeness (QED) is 0.714. The number of halogens is 1. The first kappa shape index (κ1) is 13.5. The lowest BCUT2D eigenvalue weighted by molar-refractivity contribution is 0.726. The number of fused-ring (bicyclic) bond motifs is 1. The van der Waals surface area contributed by atoms with Crippen molar-refractivity contribution < 1.29 is 0 Å². The zero-order chi connectivity index (χ0) is 13.9. The maximum absolute atomic E-state index is 6.36. The SMILES string of the molecule is NC(Cc1ccc(I)cc1)c1cccc2nccnc12. The summed E-state index contributed by atoms with van der Waals surface area (Å²) >= 11 is 2.30. The van der Waals surface area contributed by atoms with E-state index in [9.17, 15) is 0 Å². The molecule has 1 aromatic heterocycles. The minimum Gasteiger partial charge on any atom is -0.324 e. The van der Waals surface area contributed by atoms with Crippen molar-refractivity contribution in [1.82, 2.24) is 9.97 Å². The van der Waals surface area contributed by atoms with Crippen LogP contribution in [-0.4, -0.2) is 9.97 Å². The van der Waals surface area contributed by atoms with Gasteiger partial charge in [0.2, 0.25) is 0 Å². The van der Waals surface area contributed by atoms with Crippen molar-refractivity contribution in [3.05, 3.63) is 69.6 Å². The molecule has 0 aliphatic carbocycles. The average molecular weight is 375 g/mol. The maximum atomic E-state index is 6.36. The molecule has 3 aromatic rings. The molecule has 1 unspecified atom stereocenters. The minimum atomic E-state index is -0.0736. The smallest absolute Gasteiger partial charge is 0.0934 e. The first-order chi connectivity index (χ1) is 9.74. The second-order valence-electron chi connectivity index (χ2n) is 4.71. The third-order valence-electron chi connectivity index (χ3n) is 3.30. The molecule has 2 aromatic carbocycles. The van der Waals surface area contributed by atoms with Crippen LogP contribution in [0.5, 0.6) is 0 Å². The Morgan fingerprint density at radius 1 is 1.00 bits per heavy atom. The van der Waals surface area contributed by atoms with E-state index >= 15 is 0 Å². The van der Waals surface area contributed by atoms with E-state index < -0.39 is 0 Å². The standard InChI is InChI=1S/C16H14IN3/c17-12-6-4-11(5-7-12)10-14(18)13-2-1-3-15-16(13)20-9-8-19-15/h1-9,14H,10,18H2.